The van der Waals surface area contributed by atoms with Gasteiger partial charge >= 0.3 is 0 Å². The zero-order valence-electron chi connectivity index (χ0n) is 8.47. The lowest BCUT2D eigenvalue weighted by Crippen LogP contribution is -2.21. The SMILES string of the molecule is CN(C)C(=O)c1[c][nH]c2ccc(F)cc12. The molecule has 0 saturated heterocycles. The lowest BCUT2D eigenvalue weighted by Gasteiger charge is -2.08. The summed E-state index contributed by atoms with van der Waals surface area (Å²) in [5, 5.41) is 0.564. The van der Waals surface area contributed by atoms with E-state index in [4.69, 9.17) is 0 Å². The van der Waals surface area contributed by atoms with E-state index in [-0.39, 0.29) is 11.7 Å². The Morgan fingerprint density at radius 1 is 1.47 bits per heavy atom. The number of halogens is 1. The van der Waals surface area contributed by atoms with Gasteiger partial charge in [0.2, 0.25) is 0 Å². The van der Waals surface area contributed by atoms with Gasteiger partial charge in [-0.15, -0.1) is 0 Å². The minimum absolute atomic E-state index is 0.188. The highest BCUT2D eigenvalue weighted by molar-refractivity contribution is 6.06. The van der Waals surface area contributed by atoms with E-state index in [1.807, 2.05) is 0 Å². The van der Waals surface area contributed by atoms with Crippen LogP contribution in [0.4, 0.5) is 4.39 Å². The highest BCUT2D eigenvalue weighted by Gasteiger charge is 2.14. The van der Waals surface area contributed by atoms with Crippen molar-refractivity contribution < 1.29 is 9.18 Å². The van der Waals surface area contributed by atoms with Crippen LogP contribution in [0.1, 0.15) is 10.4 Å². The second kappa shape index (κ2) is 3.38. The minimum atomic E-state index is -0.358. The van der Waals surface area contributed by atoms with Gasteiger partial charge in [-0.3, -0.25) is 4.79 Å². The van der Waals surface area contributed by atoms with Crippen molar-refractivity contribution in [2.75, 3.05) is 14.1 Å². The number of hydrogen-bond acceptors (Lipinski definition) is 1. The van der Waals surface area contributed by atoms with E-state index in [0.717, 1.165) is 0 Å². The highest BCUT2D eigenvalue weighted by Crippen LogP contribution is 2.19. The van der Waals surface area contributed by atoms with Crippen molar-refractivity contribution in [3.63, 3.8) is 0 Å². The Labute approximate surface area is 86.5 Å². The molecule has 0 atom stereocenters. The summed E-state index contributed by atoms with van der Waals surface area (Å²) in [5.41, 5.74) is 1.08. The first kappa shape index (κ1) is 9.71. The number of hydrogen-bond donors (Lipinski definition) is 1. The largest absolute Gasteiger partial charge is 0.353 e. The lowest BCUT2D eigenvalue weighted by atomic mass is 10.1. The summed E-state index contributed by atoms with van der Waals surface area (Å²) in [4.78, 5) is 15.9. The molecule has 1 N–H and O–H groups in total. The number of H-pyrrole nitrogens is 1. The number of carbonyl (C=O) groups is 1. The minimum Gasteiger partial charge on any atom is -0.353 e. The normalized spacial score (nSPS) is 10.6. The number of fused-ring (bicyclic) bond motifs is 1. The Kier molecular flexibility index (Phi) is 2.19. The molecular formula is C11H10FN2O. The van der Waals surface area contributed by atoms with Gasteiger partial charge in [0.25, 0.3) is 5.91 Å². The Hall–Kier alpha value is -1.84. The molecule has 0 fully saturated rings. The molecular weight excluding hydrogens is 195 g/mol. The number of aromatic nitrogens is 1. The van der Waals surface area contributed by atoms with Crippen molar-refractivity contribution in [3.05, 3.63) is 35.8 Å². The summed E-state index contributed by atoms with van der Waals surface area (Å²) >= 11 is 0. The third-order valence-electron chi connectivity index (χ3n) is 2.19. The van der Waals surface area contributed by atoms with Crippen LogP contribution in [0, 0.1) is 12.0 Å². The molecule has 0 aliphatic heterocycles. The van der Waals surface area contributed by atoms with Crippen molar-refractivity contribution in [3.8, 4) is 0 Å². The Bertz CT molecular complexity index is 516. The Balaban J connectivity index is 2.62. The smallest absolute Gasteiger partial charge is 0.256 e. The fourth-order valence-electron chi connectivity index (χ4n) is 1.42. The van der Waals surface area contributed by atoms with Crippen LogP contribution >= 0.6 is 0 Å². The van der Waals surface area contributed by atoms with Crippen molar-refractivity contribution in [1.82, 2.24) is 9.88 Å². The molecule has 1 aromatic carbocycles. The number of rotatable bonds is 1. The van der Waals surface area contributed by atoms with Crippen LogP contribution in [0.15, 0.2) is 18.2 Å². The van der Waals surface area contributed by atoms with Crippen LogP contribution in [-0.4, -0.2) is 29.9 Å². The van der Waals surface area contributed by atoms with E-state index in [2.05, 4.69) is 11.2 Å². The predicted molar refractivity (Wildman–Crippen MR) is 55.1 cm³/mol. The van der Waals surface area contributed by atoms with Crippen LogP contribution in [-0.2, 0) is 0 Å². The van der Waals surface area contributed by atoms with E-state index < -0.39 is 0 Å². The summed E-state index contributed by atoms with van der Waals surface area (Å²) in [7, 11) is 3.29. The molecule has 2 aromatic rings. The van der Waals surface area contributed by atoms with Gasteiger partial charge in [-0.2, -0.15) is 0 Å². The van der Waals surface area contributed by atoms with Crippen LogP contribution in [0.3, 0.4) is 0 Å². The molecule has 1 radical (unpaired) electrons. The Morgan fingerprint density at radius 2 is 2.20 bits per heavy atom. The quantitative estimate of drug-likeness (QED) is 0.757. The number of amides is 1. The van der Waals surface area contributed by atoms with Crippen molar-refractivity contribution in [2.45, 2.75) is 0 Å². The van der Waals surface area contributed by atoms with E-state index in [0.29, 0.717) is 16.5 Å². The maximum atomic E-state index is 13.0. The average molecular weight is 205 g/mol. The molecule has 2 rings (SSSR count). The zero-order valence-corrected chi connectivity index (χ0v) is 8.47. The van der Waals surface area contributed by atoms with Crippen molar-refractivity contribution in [1.29, 1.82) is 0 Å². The molecule has 0 aliphatic carbocycles. The van der Waals surface area contributed by atoms with Crippen LogP contribution < -0.4 is 0 Å². The zero-order chi connectivity index (χ0) is 11.0. The Morgan fingerprint density at radius 3 is 2.87 bits per heavy atom. The summed E-state index contributed by atoms with van der Waals surface area (Å²) in [6, 6.07) is 4.27. The van der Waals surface area contributed by atoms with E-state index in [1.165, 1.54) is 17.0 Å². The first-order valence-electron chi connectivity index (χ1n) is 4.50. The standard InChI is InChI=1S/C11H10FN2O/c1-14(2)11(15)9-6-13-10-4-3-7(12)5-8(9)10/h3-5,13H,1-2H3. The lowest BCUT2D eigenvalue weighted by molar-refractivity contribution is 0.0829. The maximum Gasteiger partial charge on any atom is 0.256 e. The van der Waals surface area contributed by atoms with Gasteiger partial charge in [0, 0.05) is 25.0 Å². The van der Waals surface area contributed by atoms with Gasteiger partial charge in [0.15, 0.2) is 0 Å². The first-order chi connectivity index (χ1) is 7.09. The molecule has 77 valence electrons. The van der Waals surface area contributed by atoms with E-state index in [1.54, 1.807) is 20.2 Å². The van der Waals surface area contributed by atoms with Gasteiger partial charge < -0.3 is 9.88 Å². The summed E-state index contributed by atoms with van der Waals surface area (Å²) in [5.74, 6) is -0.546. The summed E-state index contributed by atoms with van der Waals surface area (Å²) in [6.45, 7) is 0. The number of aromatic amines is 1. The average Bonchev–Trinajstić information content (AvgIpc) is 2.59. The highest BCUT2D eigenvalue weighted by atomic mass is 19.1. The van der Waals surface area contributed by atoms with Gasteiger partial charge in [-0.25, -0.2) is 4.39 Å². The maximum absolute atomic E-state index is 13.0. The predicted octanol–water partition coefficient (Wildman–Crippen LogP) is 1.81. The molecule has 1 heterocycles. The summed E-state index contributed by atoms with van der Waals surface area (Å²) < 4.78 is 13.0. The third kappa shape index (κ3) is 1.58. The number of nitrogens with one attached hydrogen (secondary N) is 1. The van der Waals surface area contributed by atoms with Gasteiger partial charge in [0.1, 0.15) is 5.82 Å². The molecule has 1 aromatic heterocycles. The monoisotopic (exact) mass is 205 g/mol. The molecule has 0 bridgehead atoms. The molecule has 0 aliphatic rings. The van der Waals surface area contributed by atoms with Crippen molar-refractivity contribution >= 4 is 16.8 Å². The van der Waals surface area contributed by atoms with Gasteiger partial charge in [-0.05, 0) is 18.2 Å². The number of benzene rings is 1. The van der Waals surface area contributed by atoms with Crippen LogP contribution in [0.25, 0.3) is 10.9 Å². The molecule has 0 unspecified atom stereocenters. The first-order valence-corrected chi connectivity index (χ1v) is 4.50. The van der Waals surface area contributed by atoms with Crippen LogP contribution in [0.5, 0.6) is 0 Å². The second-order valence-corrected chi connectivity index (χ2v) is 3.51. The van der Waals surface area contributed by atoms with E-state index in [9.17, 15) is 9.18 Å². The van der Waals surface area contributed by atoms with Crippen molar-refractivity contribution in [2.24, 2.45) is 0 Å². The van der Waals surface area contributed by atoms with Crippen LogP contribution in [0.2, 0.25) is 0 Å². The molecule has 4 heteroatoms. The molecule has 1 amide bonds. The fraction of sp³-hybridized carbons (Fsp3) is 0.182. The molecule has 0 saturated carbocycles. The number of nitrogens with zero attached hydrogens (tertiary/aromatic N) is 1. The topological polar surface area (TPSA) is 36.1 Å². The fourth-order valence-corrected chi connectivity index (χ4v) is 1.42. The molecule has 0 spiro atoms. The summed E-state index contributed by atoms with van der Waals surface area (Å²) in [6.07, 6.45) is 2.74. The molecule has 15 heavy (non-hydrogen) atoms. The molecule has 3 nitrogen and oxygen atoms in total. The van der Waals surface area contributed by atoms with Gasteiger partial charge in [0.05, 0.1) is 11.8 Å². The number of carbonyl (C=O) groups excluding carboxylic acids is 1. The second-order valence-electron chi connectivity index (χ2n) is 3.51. The van der Waals surface area contributed by atoms with Gasteiger partial charge in [-0.1, -0.05) is 0 Å². The van der Waals surface area contributed by atoms with E-state index >= 15 is 0 Å². The third-order valence-corrected chi connectivity index (χ3v) is 2.19.